The highest BCUT2D eigenvalue weighted by Gasteiger charge is 2.54. The van der Waals surface area contributed by atoms with Crippen LogP contribution in [0.4, 0.5) is 0 Å². The molecule has 4 heteroatoms. The van der Waals surface area contributed by atoms with Gasteiger partial charge in [-0.05, 0) is 60.2 Å². The highest BCUT2D eigenvalue weighted by atomic mass is 31.1. The summed E-state index contributed by atoms with van der Waals surface area (Å²) in [5.74, 6) is 0.924. The predicted octanol–water partition coefficient (Wildman–Crippen LogP) is 8.22. The van der Waals surface area contributed by atoms with E-state index in [-0.39, 0.29) is 27.2 Å². The number of allylic oxidation sites excluding steroid dienone is 4. The molecule has 3 aromatic carbocycles. The van der Waals surface area contributed by atoms with Gasteiger partial charge >= 0.3 is 0 Å². The molecule has 7 rings (SSSR count). The smallest absolute Gasteiger partial charge is 0.215 e. The first-order valence-electron chi connectivity index (χ1n) is 13.1. The molecule has 184 valence electrons. The van der Waals surface area contributed by atoms with Gasteiger partial charge in [0.1, 0.15) is 5.75 Å². The van der Waals surface area contributed by atoms with E-state index in [2.05, 4.69) is 128 Å². The molecule has 0 amide bonds. The third-order valence-corrected chi connectivity index (χ3v) is 9.07. The molecule has 3 aliphatic carbocycles. The highest BCUT2D eigenvalue weighted by molar-refractivity contribution is 7.26. The van der Waals surface area contributed by atoms with Gasteiger partial charge in [-0.2, -0.15) is 0 Å². The minimum absolute atomic E-state index is 0.00282. The van der Waals surface area contributed by atoms with Gasteiger partial charge in [-0.25, -0.2) is 0 Å². The lowest BCUT2D eigenvalue weighted by atomic mass is 9.70. The zero-order valence-corrected chi connectivity index (χ0v) is 22.1. The third-order valence-electron chi connectivity index (χ3n) is 8.39. The Morgan fingerprint density at radius 2 is 1.57 bits per heavy atom. The number of benzene rings is 3. The van der Waals surface area contributed by atoms with Gasteiger partial charge in [0.25, 0.3) is 0 Å². The van der Waals surface area contributed by atoms with E-state index in [4.69, 9.17) is 9.05 Å². The van der Waals surface area contributed by atoms with Gasteiger partial charge in [0.05, 0.1) is 23.6 Å². The van der Waals surface area contributed by atoms with E-state index in [0.717, 1.165) is 12.2 Å². The average molecular weight is 504 g/mol. The molecule has 1 aliphatic heterocycles. The summed E-state index contributed by atoms with van der Waals surface area (Å²) in [6.45, 7) is 4.67. The van der Waals surface area contributed by atoms with Crippen molar-refractivity contribution in [3.63, 3.8) is 0 Å². The van der Waals surface area contributed by atoms with Gasteiger partial charge in [0.15, 0.2) is 0 Å². The van der Waals surface area contributed by atoms with Crippen LogP contribution in [0.15, 0.2) is 120 Å². The quantitative estimate of drug-likeness (QED) is 0.328. The maximum absolute atomic E-state index is 6.40. The first-order valence-corrected chi connectivity index (χ1v) is 13.9. The molecule has 2 unspecified atom stereocenters. The highest BCUT2D eigenvalue weighted by Crippen LogP contribution is 2.61. The Morgan fingerprint density at radius 1 is 0.865 bits per heavy atom. The van der Waals surface area contributed by atoms with Gasteiger partial charge in [-0.3, -0.25) is 0 Å². The van der Waals surface area contributed by atoms with Crippen molar-refractivity contribution >= 4 is 15.1 Å². The fourth-order valence-electron chi connectivity index (χ4n) is 6.70. The number of nitrogens with zero attached hydrogens (tertiary/aromatic N) is 1. The van der Waals surface area contributed by atoms with Crippen molar-refractivity contribution in [2.24, 2.45) is 0 Å². The number of hydrogen-bond donors (Lipinski definition) is 0. The summed E-state index contributed by atoms with van der Waals surface area (Å²) in [5.41, 5.74) is 8.59. The van der Waals surface area contributed by atoms with Gasteiger partial charge in [0.2, 0.25) is 9.03 Å². The van der Waals surface area contributed by atoms with Gasteiger partial charge in [0, 0.05) is 11.3 Å². The molecule has 0 N–H and O–H groups in total. The van der Waals surface area contributed by atoms with Crippen molar-refractivity contribution in [3.8, 4) is 5.75 Å². The van der Waals surface area contributed by atoms with Crippen LogP contribution in [0.25, 0.3) is 6.08 Å². The van der Waals surface area contributed by atoms with E-state index >= 15 is 0 Å². The third kappa shape index (κ3) is 3.41. The van der Waals surface area contributed by atoms with Crippen molar-refractivity contribution < 1.29 is 9.05 Å². The molecular formula is C33H30NO2P. The molecule has 1 spiro atoms. The lowest BCUT2D eigenvalue weighted by molar-refractivity contribution is 0.178. The van der Waals surface area contributed by atoms with Crippen LogP contribution in [-0.2, 0) is 9.94 Å². The second-order valence-corrected chi connectivity index (χ2v) is 10.9. The molecule has 0 saturated heterocycles. The van der Waals surface area contributed by atoms with Crippen LogP contribution in [0.5, 0.6) is 5.75 Å². The van der Waals surface area contributed by atoms with E-state index in [1.807, 2.05) is 0 Å². The van der Waals surface area contributed by atoms with E-state index in [9.17, 15) is 0 Å². The Bertz CT molecular complexity index is 1430. The normalized spacial score (nSPS) is 25.0. The average Bonchev–Trinajstić information content (AvgIpc) is 3.48. The van der Waals surface area contributed by atoms with Crippen molar-refractivity contribution in [1.29, 1.82) is 0 Å². The Kier molecular flexibility index (Phi) is 5.46. The van der Waals surface area contributed by atoms with Crippen LogP contribution in [0.3, 0.4) is 0 Å². The van der Waals surface area contributed by atoms with Crippen molar-refractivity contribution in [2.45, 2.75) is 43.9 Å². The molecule has 0 aromatic heterocycles. The Hall–Kier alpha value is -3.39. The zero-order chi connectivity index (χ0) is 25.0. The van der Waals surface area contributed by atoms with Gasteiger partial charge in [-0.15, -0.1) is 0 Å². The molecule has 0 saturated carbocycles. The molecule has 4 aliphatic rings. The Morgan fingerprint density at radius 3 is 2.27 bits per heavy atom. The van der Waals surface area contributed by atoms with Crippen molar-refractivity contribution in [3.05, 3.63) is 142 Å². The molecule has 1 heterocycles. The molecule has 3 nitrogen and oxygen atoms in total. The summed E-state index contributed by atoms with van der Waals surface area (Å²) in [5, 5.41) is 0. The topological polar surface area (TPSA) is 21.7 Å². The lowest BCUT2D eigenvalue weighted by Gasteiger charge is -2.47. The largest absolute Gasteiger partial charge is 0.449 e. The van der Waals surface area contributed by atoms with E-state index in [1.165, 1.54) is 39.1 Å². The predicted molar refractivity (Wildman–Crippen MR) is 151 cm³/mol. The molecule has 5 atom stereocenters. The van der Waals surface area contributed by atoms with Crippen molar-refractivity contribution in [1.82, 2.24) is 4.90 Å². The molecule has 37 heavy (non-hydrogen) atoms. The fraction of sp³-hybridized carbons (Fsp3) is 0.212. The second kappa shape index (κ2) is 8.87. The zero-order valence-electron chi connectivity index (χ0n) is 21.1. The van der Waals surface area contributed by atoms with Crippen LogP contribution >= 0.6 is 9.03 Å². The van der Waals surface area contributed by atoms with E-state index in [0.29, 0.717) is 0 Å². The summed E-state index contributed by atoms with van der Waals surface area (Å²) in [7, 11) is -0.0152. The number of rotatable bonds is 5. The minimum atomic E-state index is -0.423. The molecule has 3 aromatic rings. The van der Waals surface area contributed by atoms with Crippen molar-refractivity contribution in [2.75, 3.05) is 0 Å². The summed E-state index contributed by atoms with van der Waals surface area (Å²) in [6.07, 6.45) is 12.5. The summed E-state index contributed by atoms with van der Waals surface area (Å²) < 4.78 is 12.7. The van der Waals surface area contributed by atoms with Crippen LogP contribution in [0.1, 0.15) is 54.6 Å². The molecular weight excluding hydrogens is 473 g/mol. The summed E-state index contributed by atoms with van der Waals surface area (Å²) in [6, 6.07) is 28.5. The molecule has 0 radical (unpaired) electrons. The Balaban J connectivity index is 1.48. The Labute approximate surface area is 220 Å². The monoisotopic (exact) mass is 503 g/mol. The SMILES string of the molecule is C[C@@H](c1ccccc1)N(C1=Cc2cccc3c2[C@@]12C=CC1=C2C(CC=C1)OPO3)[C@@H](C)c1ccccc1. The fourth-order valence-corrected chi connectivity index (χ4v) is 7.34. The van der Waals surface area contributed by atoms with E-state index in [1.54, 1.807) is 0 Å². The second-order valence-electron chi connectivity index (χ2n) is 10.3. The summed E-state index contributed by atoms with van der Waals surface area (Å²) >= 11 is 0. The first kappa shape index (κ1) is 22.8. The van der Waals surface area contributed by atoms with E-state index < -0.39 is 5.41 Å². The lowest BCUT2D eigenvalue weighted by Crippen LogP contribution is -2.42. The summed E-state index contributed by atoms with van der Waals surface area (Å²) in [4.78, 5) is 2.63. The maximum atomic E-state index is 6.40. The minimum Gasteiger partial charge on any atom is -0.449 e. The van der Waals surface area contributed by atoms with Crippen LogP contribution in [0, 0.1) is 0 Å². The van der Waals surface area contributed by atoms with Crippen LogP contribution in [0.2, 0.25) is 0 Å². The van der Waals surface area contributed by atoms with Gasteiger partial charge < -0.3 is 13.9 Å². The number of hydrogen-bond acceptors (Lipinski definition) is 3. The molecule has 0 fully saturated rings. The standard InChI is InChI=1S/C33H30NO2P/c1-22(24-11-5-3-6-12-24)34(23(2)25-13-7-4-8-14-25)30-21-27-16-10-18-29-32(27)33(30)20-19-26-15-9-17-28(31(26)33)35-37-36-29/h3-16,18-23,28,37H,17H2,1-2H3/t22-,23-,28?,33-/m0/s1. The molecule has 0 bridgehead atoms. The first-order chi connectivity index (χ1) is 18.2. The van der Waals surface area contributed by atoms with Crippen LogP contribution in [-0.4, -0.2) is 11.0 Å². The van der Waals surface area contributed by atoms with Crippen LogP contribution < -0.4 is 4.52 Å². The maximum Gasteiger partial charge on any atom is 0.215 e. The van der Waals surface area contributed by atoms with Gasteiger partial charge in [-0.1, -0.05) is 97.1 Å².